The van der Waals surface area contributed by atoms with E-state index in [-0.39, 0.29) is 6.03 Å². The molecule has 5 nitrogen and oxygen atoms in total. The lowest BCUT2D eigenvalue weighted by Gasteiger charge is -2.33. The summed E-state index contributed by atoms with van der Waals surface area (Å²) in [6.45, 7) is 1.67. The molecular formula is C14H14Cl2N2O3. The minimum Gasteiger partial charge on any atom is -0.466 e. The fraction of sp³-hybridized carbons (Fsp3) is 0.286. The van der Waals surface area contributed by atoms with Crippen molar-refractivity contribution in [2.75, 3.05) is 14.2 Å². The van der Waals surface area contributed by atoms with E-state index >= 15 is 0 Å². The molecule has 1 aromatic rings. The van der Waals surface area contributed by atoms with Gasteiger partial charge in [0.25, 0.3) is 0 Å². The van der Waals surface area contributed by atoms with Crippen LogP contribution in [-0.4, -0.2) is 31.1 Å². The van der Waals surface area contributed by atoms with Gasteiger partial charge in [0.15, 0.2) is 0 Å². The van der Waals surface area contributed by atoms with Gasteiger partial charge < -0.3 is 15.0 Å². The Morgan fingerprint density at radius 2 is 1.90 bits per heavy atom. The van der Waals surface area contributed by atoms with Crippen LogP contribution in [0.2, 0.25) is 10.0 Å². The largest absolute Gasteiger partial charge is 0.466 e. The van der Waals surface area contributed by atoms with E-state index in [4.69, 9.17) is 27.9 Å². The third-order valence-corrected chi connectivity index (χ3v) is 4.11. The highest BCUT2D eigenvalue weighted by Crippen LogP contribution is 2.37. The van der Waals surface area contributed by atoms with Gasteiger partial charge in [-0.3, -0.25) is 0 Å². The quantitative estimate of drug-likeness (QED) is 0.848. The number of hydrogen-bond donors (Lipinski definition) is 1. The smallest absolute Gasteiger partial charge is 0.337 e. The van der Waals surface area contributed by atoms with Crippen LogP contribution in [0.5, 0.6) is 0 Å². The summed E-state index contributed by atoms with van der Waals surface area (Å²) in [4.78, 5) is 25.4. The van der Waals surface area contributed by atoms with Gasteiger partial charge in [-0.2, -0.15) is 0 Å². The van der Waals surface area contributed by atoms with Crippen LogP contribution in [-0.2, 0) is 9.53 Å². The van der Waals surface area contributed by atoms with Crippen LogP contribution < -0.4 is 5.32 Å². The van der Waals surface area contributed by atoms with Gasteiger partial charge in [-0.15, -0.1) is 0 Å². The van der Waals surface area contributed by atoms with Gasteiger partial charge in [0.05, 0.1) is 18.7 Å². The molecule has 0 bridgehead atoms. The first-order valence-corrected chi connectivity index (χ1v) is 6.91. The molecule has 0 aliphatic carbocycles. The first-order valence-electron chi connectivity index (χ1n) is 6.15. The maximum atomic E-state index is 12.1. The normalized spacial score (nSPS) is 18.6. The molecule has 0 aromatic heterocycles. The lowest BCUT2D eigenvalue weighted by molar-refractivity contribution is -0.136. The van der Waals surface area contributed by atoms with E-state index < -0.39 is 12.0 Å². The van der Waals surface area contributed by atoms with Crippen LogP contribution in [0.1, 0.15) is 18.5 Å². The highest BCUT2D eigenvalue weighted by atomic mass is 35.5. The second-order valence-corrected chi connectivity index (χ2v) is 5.38. The molecule has 0 radical (unpaired) electrons. The minimum absolute atomic E-state index is 0.301. The molecule has 1 aliphatic rings. The summed E-state index contributed by atoms with van der Waals surface area (Å²) in [6, 6.07) is 3.90. The molecule has 1 atom stereocenters. The molecule has 1 heterocycles. The van der Waals surface area contributed by atoms with Crippen LogP contribution >= 0.6 is 23.2 Å². The Kier molecular flexibility index (Phi) is 4.44. The summed E-state index contributed by atoms with van der Waals surface area (Å²) in [7, 11) is 2.85. The van der Waals surface area contributed by atoms with Crippen molar-refractivity contribution in [1.29, 1.82) is 0 Å². The fourth-order valence-electron chi connectivity index (χ4n) is 2.21. The molecule has 21 heavy (non-hydrogen) atoms. The maximum absolute atomic E-state index is 12.1. The Morgan fingerprint density at radius 3 is 2.43 bits per heavy atom. The molecule has 1 N–H and O–H groups in total. The molecule has 0 unspecified atom stereocenters. The van der Waals surface area contributed by atoms with Crippen LogP contribution in [0, 0.1) is 0 Å². The number of carbonyl (C=O) groups excluding carboxylic acids is 2. The zero-order valence-electron chi connectivity index (χ0n) is 11.7. The van der Waals surface area contributed by atoms with E-state index in [2.05, 4.69) is 5.32 Å². The van der Waals surface area contributed by atoms with Crippen molar-refractivity contribution in [2.45, 2.75) is 13.0 Å². The molecule has 0 saturated carbocycles. The van der Waals surface area contributed by atoms with Crippen molar-refractivity contribution < 1.29 is 14.3 Å². The number of carbonyl (C=O) groups is 2. The zero-order chi connectivity index (χ0) is 15.7. The average molecular weight is 329 g/mol. The van der Waals surface area contributed by atoms with E-state index in [1.54, 1.807) is 32.2 Å². The van der Waals surface area contributed by atoms with Crippen LogP contribution in [0.4, 0.5) is 4.79 Å². The Hall–Kier alpha value is -1.72. The third-order valence-electron chi connectivity index (χ3n) is 3.45. The minimum atomic E-state index is -0.748. The summed E-state index contributed by atoms with van der Waals surface area (Å²) >= 11 is 12.4. The van der Waals surface area contributed by atoms with E-state index in [0.717, 1.165) is 0 Å². The number of nitrogens with one attached hydrogen (secondary N) is 1. The second-order valence-electron chi connectivity index (χ2n) is 4.57. The molecule has 1 aliphatic heterocycles. The summed E-state index contributed by atoms with van der Waals surface area (Å²) in [5.74, 6) is -0.541. The SMILES string of the molecule is COC(=O)C1=C(C)N(C)C(=O)N[C@H]1c1c(Cl)cccc1Cl. The molecule has 1 aromatic carbocycles. The van der Waals surface area contributed by atoms with E-state index in [0.29, 0.717) is 26.9 Å². The molecule has 2 amide bonds. The van der Waals surface area contributed by atoms with Crippen molar-refractivity contribution >= 4 is 35.2 Å². The number of benzene rings is 1. The number of ether oxygens (including phenoxy) is 1. The first-order chi connectivity index (χ1) is 9.88. The van der Waals surface area contributed by atoms with Gasteiger partial charge in [-0.05, 0) is 19.1 Å². The Labute approximate surface area is 132 Å². The van der Waals surface area contributed by atoms with Gasteiger partial charge in [0.2, 0.25) is 0 Å². The number of nitrogens with zero attached hydrogens (tertiary/aromatic N) is 1. The van der Waals surface area contributed by atoms with Gasteiger partial charge >= 0.3 is 12.0 Å². The van der Waals surface area contributed by atoms with Crippen molar-refractivity contribution in [3.8, 4) is 0 Å². The number of halogens is 2. The van der Waals surface area contributed by atoms with Gasteiger partial charge in [0, 0.05) is 28.4 Å². The Bertz CT molecular complexity index is 623. The van der Waals surface area contributed by atoms with Gasteiger partial charge in [-0.25, -0.2) is 9.59 Å². The van der Waals surface area contributed by atoms with Gasteiger partial charge in [-0.1, -0.05) is 29.3 Å². The number of esters is 1. The standard InChI is InChI=1S/C14H14Cl2N2O3/c1-7-10(13(19)21-3)12(17-14(20)18(7)2)11-8(15)5-4-6-9(11)16/h4-6,12H,1-3H3,(H,17,20)/t12-/m1/s1. The highest BCUT2D eigenvalue weighted by Gasteiger charge is 2.36. The molecule has 2 rings (SSSR count). The Morgan fingerprint density at radius 1 is 1.33 bits per heavy atom. The fourth-order valence-corrected chi connectivity index (χ4v) is 2.83. The number of amides is 2. The van der Waals surface area contributed by atoms with Crippen LogP contribution in [0.15, 0.2) is 29.5 Å². The van der Waals surface area contributed by atoms with Crippen molar-refractivity contribution in [3.05, 3.63) is 45.1 Å². The molecule has 7 heteroatoms. The van der Waals surface area contributed by atoms with Crippen molar-refractivity contribution in [2.24, 2.45) is 0 Å². The molecule has 0 fully saturated rings. The maximum Gasteiger partial charge on any atom is 0.337 e. The van der Waals surface area contributed by atoms with Gasteiger partial charge in [0.1, 0.15) is 0 Å². The van der Waals surface area contributed by atoms with E-state index in [1.807, 2.05) is 0 Å². The number of methoxy groups -OCH3 is 1. The number of allylic oxidation sites excluding steroid dienone is 1. The highest BCUT2D eigenvalue weighted by molar-refractivity contribution is 6.36. The zero-order valence-corrected chi connectivity index (χ0v) is 13.2. The predicted molar refractivity (Wildman–Crippen MR) is 80.2 cm³/mol. The summed E-state index contributed by atoms with van der Waals surface area (Å²) < 4.78 is 4.81. The Balaban J connectivity index is 2.65. The molecule has 0 spiro atoms. The number of rotatable bonds is 2. The average Bonchev–Trinajstić information content (AvgIpc) is 2.44. The van der Waals surface area contributed by atoms with Crippen LogP contribution in [0.3, 0.4) is 0 Å². The lowest BCUT2D eigenvalue weighted by atomic mass is 9.95. The summed E-state index contributed by atoms with van der Waals surface area (Å²) in [6.07, 6.45) is 0. The van der Waals surface area contributed by atoms with E-state index in [9.17, 15) is 9.59 Å². The molecule has 112 valence electrons. The summed E-state index contributed by atoms with van der Waals surface area (Å²) in [5.41, 5.74) is 1.27. The lowest BCUT2D eigenvalue weighted by Crippen LogP contribution is -2.46. The first kappa shape index (κ1) is 15.7. The number of urea groups is 1. The number of hydrogen-bond acceptors (Lipinski definition) is 3. The summed E-state index contributed by atoms with van der Waals surface area (Å²) in [5, 5.41) is 3.45. The van der Waals surface area contributed by atoms with Crippen LogP contribution in [0.25, 0.3) is 0 Å². The third kappa shape index (κ3) is 2.71. The van der Waals surface area contributed by atoms with Crippen molar-refractivity contribution in [1.82, 2.24) is 10.2 Å². The second kappa shape index (κ2) is 5.95. The monoisotopic (exact) mass is 328 g/mol. The molecular weight excluding hydrogens is 315 g/mol. The van der Waals surface area contributed by atoms with E-state index in [1.165, 1.54) is 12.0 Å². The predicted octanol–water partition coefficient (Wildman–Crippen LogP) is 3.14. The molecule has 0 saturated heterocycles. The topological polar surface area (TPSA) is 58.6 Å². The van der Waals surface area contributed by atoms with Crippen molar-refractivity contribution in [3.63, 3.8) is 0 Å².